The van der Waals surface area contributed by atoms with Gasteiger partial charge in [-0.05, 0) is 18.9 Å². The summed E-state index contributed by atoms with van der Waals surface area (Å²) in [5.74, 6) is 1.44. The second kappa shape index (κ2) is 9.87. The minimum atomic E-state index is 0.194. The summed E-state index contributed by atoms with van der Waals surface area (Å²) >= 11 is 1.54. The Balaban J connectivity index is 1.47. The number of aromatic nitrogens is 2. The Kier molecular flexibility index (Phi) is 7.00. The Morgan fingerprint density at radius 3 is 2.72 bits per heavy atom. The zero-order valence-electron chi connectivity index (χ0n) is 17.2. The summed E-state index contributed by atoms with van der Waals surface area (Å²) in [6.45, 7) is 4.05. The van der Waals surface area contributed by atoms with Gasteiger partial charge in [0.1, 0.15) is 10.9 Å². The maximum Gasteiger partial charge on any atom is 0.232 e. The van der Waals surface area contributed by atoms with Gasteiger partial charge in [-0.3, -0.25) is 9.69 Å². The van der Waals surface area contributed by atoms with Crippen LogP contribution in [0, 0.1) is 0 Å². The molecule has 1 saturated carbocycles. The first-order valence-corrected chi connectivity index (χ1v) is 11.6. The topological polar surface area (TPSA) is 58.6 Å². The average molecular weight is 415 g/mol. The van der Waals surface area contributed by atoms with Crippen LogP contribution in [-0.2, 0) is 16.1 Å². The molecular formula is C22H30N4O2S. The number of rotatable bonds is 6. The fourth-order valence-electron chi connectivity index (χ4n) is 4.14. The van der Waals surface area contributed by atoms with E-state index in [1.807, 2.05) is 36.2 Å². The molecule has 0 spiro atoms. The molecule has 4 rings (SSSR count). The van der Waals surface area contributed by atoms with Crippen LogP contribution in [0.2, 0.25) is 0 Å². The molecule has 1 saturated heterocycles. The van der Waals surface area contributed by atoms with Crippen molar-refractivity contribution in [2.24, 2.45) is 0 Å². The molecule has 0 unspecified atom stereocenters. The summed E-state index contributed by atoms with van der Waals surface area (Å²) < 4.78 is 5.44. The van der Waals surface area contributed by atoms with Gasteiger partial charge < -0.3 is 9.64 Å². The molecule has 0 N–H and O–H groups in total. The Morgan fingerprint density at radius 2 is 1.93 bits per heavy atom. The van der Waals surface area contributed by atoms with Crippen LogP contribution in [0.15, 0.2) is 29.3 Å². The smallest absolute Gasteiger partial charge is 0.232 e. The van der Waals surface area contributed by atoms with Gasteiger partial charge in [0.25, 0.3) is 0 Å². The molecule has 7 heteroatoms. The maximum atomic E-state index is 12.8. The summed E-state index contributed by atoms with van der Waals surface area (Å²) in [6, 6.07) is 8.49. The van der Waals surface area contributed by atoms with Gasteiger partial charge in [0.15, 0.2) is 0 Å². The number of hydrogen-bond donors (Lipinski definition) is 0. The Labute approximate surface area is 177 Å². The molecule has 1 aromatic carbocycles. The predicted molar refractivity (Wildman–Crippen MR) is 116 cm³/mol. The SMILES string of the molecule is CN(C(=O)CSc1nc(CN2CCOCC2)nc2ccccc12)C1CCCCC1. The summed E-state index contributed by atoms with van der Waals surface area (Å²) in [4.78, 5) is 26.7. The molecule has 2 aliphatic rings. The number of carbonyl (C=O) groups excluding carboxylic acids is 1. The van der Waals surface area contributed by atoms with Crippen LogP contribution in [0.3, 0.4) is 0 Å². The first-order chi connectivity index (χ1) is 14.2. The summed E-state index contributed by atoms with van der Waals surface area (Å²) in [6.07, 6.45) is 6.03. The summed E-state index contributed by atoms with van der Waals surface area (Å²) in [5, 5.41) is 1.93. The number of hydrogen-bond acceptors (Lipinski definition) is 6. The standard InChI is InChI=1S/C22H30N4O2S/c1-25(17-7-3-2-4-8-17)21(27)16-29-22-18-9-5-6-10-19(18)23-20(24-22)15-26-11-13-28-14-12-26/h5-6,9-10,17H,2-4,7-8,11-16H2,1H3. The first-order valence-electron chi connectivity index (χ1n) is 10.6. The summed E-state index contributed by atoms with van der Waals surface area (Å²) in [7, 11) is 1.96. The van der Waals surface area contributed by atoms with E-state index in [1.54, 1.807) is 11.8 Å². The first kappa shape index (κ1) is 20.6. The Hall–Kier alpha value is -1.70. The van der Waals surface area contributed by atoms with Gasteiger partial charge in [-0.2, -0.15) is 0 Å². The summed E-state index contributed by atoms with van der Waals surface area (Å²) in [5.41, 5.74) is 0.946. The lowest BCUT2D eigenvalue weighted by atomic mass is 9.94. The van der Waals surface area contributed by atoms with Crippen LogP contribution in [0.4, 0.5) is 0 Å². The van der Waals surface area contributed by atoms with E-state index < -0.39 is 0 Å². The fraction of sp³-hybridized carbons (Fsp3) is 0.591. The Morgan fingerprint density at radius 1 is 1.17 bits per heavy atom. The van der Waals surface area contributed by atoms with E-state index in [9.17, 15) is 4.79 Å². The lowest BCUT2D eigenvalue weighted by Gasteiger charge is -2.31. The lowest BCUT2D eigenvalue weighted by molar-refractivity contribution is -0.129. The molecule has 6 nitrogen and oxygen atoms in total. The molecule has 1 amide bonds. The van der Waals surface area contributed by atoms with Gasteiger partial charge in [-0.15, -0.1) is 0 Å². The Bertz CT molecular complexity index is 835. The third-order valence-corrected chi connectivity index (χ3v) is 6.91. The van der Waals surface area contributed by atoms with Crippen molar-refractivity contribution in [1.82, 2.24) is 19.8 Å². The van der Waals surface area contributed by atoms with Crippen LogP contribution in [0.1, 0.15) is 37.9 Å². The van der Waals surface area contributed by atoms with Crippen molar-refractivity contribution in [2.75, 3.05) is 39.1 Å². The largest absolute Gasteiger partial charge is 0.379 e. The van der Waals surface area contributed by atoms with Gasteiger partial charge in [0.05, 0.1) is 31.0 Å². The quantitative estimate of drug-likeness (QED) is 0.534. The number of para-hydroxylation sites is 1. The second-order valence-corrected chi connectivity index (χ2v) is 8.90. The average Bonchev–Trinajstić information content (AvgIpc) is 2.78. The molecule has 2 fully saturated rings. The van der Waals surface area contributed by atoms with Crippen molar-refractivity contribution in [3.63, 3.8) is 0 Å². The zero-order valence-corrected chi connectivity index (χ0v) is 18.0. The van der Waals surface area contributed by atoms with Gasteiger partial charge >= 0.3 is 0 Å². The van der Waals surface area contributed by atoms with E-state index in [1.165, 1.54) is 19.3 Å². The van der Waals surface area contributed by atoms with Crippen LogP contribution in [0.5, 0.6) is 0 Å². The van der Waals surface area contributed by atoms with Crippen molar-refractivity contribution in [1.29, 1.82) is 0 Å². The third-order valence-electron chi connectivity index (χ3n) is 5.93. The maximum absolute atomic E-state index is 12.8. The molecular weight excluding hydrogens is 384 g/mol. The minimum Gasteiger partial charge on any atom is -0.379 e. The number of ether oxygens (including phenoxy) is 1. The van der Waals surface area contributed by atoms with Crippen molar-refractivity contribution in [3.8, 4) is 0 Å². The van der Waals surface area contributed by atoms with Crippen LogP contribution >= 0.6 is 11.8 Å². The number of benzene rings is 1. The van der Waals surface area contributed by atoms with E-state index >= 15 is 0 Å². The van der Waals surface area contributed by atoms with Crippen molar-refractivity contribution in [3.05, 3.63) is 30.1 Å². The highest BCUT2D eigenvalue weighted by molar-refractivity contribution is 8.00. The fourth-order valence-corrected chi connectivity index (χ4v) is 5.10. The number of nitrogens with zero attached hydrogens (tertiary/aromatic N) is 4. The monoisotopic (exact) mass is 414 g/mol. The van der Waals surface area contributed by atoms with E-state index in [0.717, 1.165) is 67.4 Å². The number of carbonyl (C=O) groups is 1. The van der Waals surface area contributed by atoms with Crippen LogP contribution < -0.4 is 0 Å². The number of amides is 1. The highest BCUT2D eigenvalue weighted by atomic mass is 32.2. The lowest BCUT2D eigenvalue weighted by Crippen LogP contribution is -2.39. The van der Waals surface area contributed by atoms with Crippen molar-refractivity contribution in [2.45, 2.75) is 49.7 Å². The highest BCUT2D eigenvalue weighted by Gasteiger charge is 2.22. The molecule has 1 aromatic heterocycles. The molecule has 2 heterocycles. The van der Waals surface area contributed by atoms with Crippen LogP contribution in [0.25, 0.3) is 10.9 Å². The molecule has 156 valence electrons. The normalized spacial score (nSPS) is 18.8. The van der Waals surface area contributed by atoms with Gasteiger partial charge in [-0.1, -0.05) is 49.2 Å². The molecule has 1 aliphatic carbocycles. The predicted octanol–water partition coefficient (Wildman–Crippen LogP) is 3.35. The second-order valence-electron chi connectivity index (χ2n) is 7.94. The van der Waals surface area contributed by atoms with E-state index in [-0.39, 0.29) is 5.91 Å². The molecule has 1 aliphatic heterocycles. The molecule has 29 heavy (non-hydrogen) atoms. The van der Waals surface area contributed by atoms with E-state index in [0.29, 0.717) is 11.8 Å². The number of thioether (sulfide) groups is 1. The number of fused-ring (bicyclic) bond motifs is 1. The van der Waals surface area contributed by atoms with Gasteiger partial charge in [0.2, 0.25) is 5.91 Å². The van der Waals surface area contributed by atoms with E-state index in [2.05, 4.69) is 4.90 Å². The van der Waals surface area contributed by atoms with Crippen LogP contribution in [-0.4, -0.2) is 70.8 Å². The molecule has 2 aromatic rings. The molecule has 0 radical (unpaired) electrons. The van der Waals surface area contributed by atoms with Gasteiger partial charge in [0, 0.05) is 31.6 Å². The van der Waals surface area contributed by atoms with Crippen molar-refractivity contribution < 1.29 is 9.53 Å². The zero-order chi connectivity index (χ0) is 20.1. The molecule has 0 bridgehead atoms. The van der Waals surface area contributed by atoms with E-state index in [4.69, 9.17) is 14.7 Å². The van der Waals surface area contributed by atoms with Gasteiger partial charge in [-0.25, -0.2) is 9.97 Å². The highest BCUT2D eigenvalue weighted by Crippen LogP contribution is 2.27. The minimum absolute atomic E-state index is 0.194. The third kappa shape index (κ3) is 5.27. The number of morpholine rings is 1. The van der Waals surface area contributed by atoms with Crippen molar-refractivity contribution >= 4 is 28.6 Å². The molecule has 0 atom stereocenters.